The summed E-state index contributed by atoms with van der Waals surface area (Å²) in [5.74, 6) is 0.926. The predicted octanol–water partition coefficient (Wildman–Crippen LogP) is 3.71. The van der Waals surface area contributed by atoms with E-state index in [-0.39, 0.29) is 0 Å². The average molecular weight is 323 g/mol. The van der Waals surface area contributed by atoms with Gasteiger partial charge in [-0.3, -0.25) is 4.90 Å². The number of nitrogens with two attached hydrogens (primary N) is 1. The first kappa shape index (κ1) is 13.6. The second kappa shape index (κ2) is 5.94. The molecule has 1 aromatic carbocycles. The zero-order chi connectivity index (χ0) is 13.2. The van der Waals surface area contributed by atoms with Gasteiger partial charge in [0, 0.05) is 23.1 Å². The SMILES string of the molecule is NCC(c1cccc(Br)c1)N1CCC2CCCCC21. The molecular weight excluding hydrogens is 300 g/mol. The van der Waals surface area contributed by atoms with Gasteiger partial charge in [-0.2, -0.15) is 0 Å². The lowest BCUT2D eigenvalue weighted by atomic mass is 9.84. The van der Waals surface area contributed by atoms with Crippen LogP contribution in [0.25, 0.3) is 0 Å². The number of fused-ring (bicyclic) bond motifs is 1. The lowest BCUT2D eigenvalue weighted by molar-refractivity contribution is 0.135. The van der Waals surface area contributed by atoms with Gasteiger partial charge in [-0.1, -0.05) is 40.9 Å². The van der Waals surface area contributed by atoms with Crippen molar-refractivity contribution in [2.24, 2.45) is 11.7 Å². The molecule has 1 heterocycles. The van der Waals surface area contributed by atoms with Gasteiger partial charge in [-0.15, -0.1) is 0 Å². The van der Waals surface area contributed by atoms with E-state index in [0.717, 1.165) is 23.0 Å². The number of likely N-dealkylation sites (tertiary alicyclic amines) is 1. The van der Waals surface area contributed by atoms with Gasteiger partial charge in [-0.05, 0) is 49.4 Å². The Labute approximate surface area is 124 Å². The number of rotatable bonds is 3. The summed E-state index contributed by atoms with van der Waals surface area (Å²) in [6.07, 6.45) is 6.99. The molecule has 0 aromatic heterocycles. The van der Waals surface area contributed by atoms with Crippen LogP contribution in [0.15, 0.2) is 28.7 Å². The maximum atomic E-state index is 6.10. The van der Waals surface area contributed by atoms with Gasteiger partial charge in [-0.25, -0.2) is 0 Å². The number of halogens is 1. The van der Waals surface area contributed by atoms with Crippen LogP contribution in [-0.4, -0.2) is 24.0 Å². The van der Waals surface area contributed by atoms with Gasteiger partial charge in [0.05, 0.1) is 0 Å². The summed E-state index contributed by atoms with van der Waals surface area (Å²) in [5.41, 5.74) is 7.46. The summed E-state index contributed by atoms with van der Waals surface area (Å²) < 4.78 is 1.16. The molecule has 2 nitrogen and oxygen atoms in total. The smallest absolute Gasteiger partial charge is 0.0473 e. The van der Waals surface area contributed by atoms with Crippen LogP contribution in [-0.2, 0) is 0 Å². The maximum absolute atomic E-state index is 6.10. The first-order chi connectivity index (χ1) is 9.29. The fourth-order valence-corrected chi connectivity index (χ4v) is 4.42. The Morgan fingerprint density at radius 3 is 2.89 bits per heavy atom. The first-order valence-electron chi connectivity index (χ1n) is 7.51. The molecule has 19 heavy (non-hydrogen) atoms. The molecule has 1 saturated carbocycles. The minimum Gasteiger partial charge on any atom is -0.329 e. The molecule has 1 aliphatic carbocycles. The second-order valence-electron chi connectivity index (χ2n) is 5.94. The molecule has 0 spiro atoms. The van der Waals surface area contributed by atoms with Gasteiger partial charge < -0.3 is 5.73 Å². The summed E-state index contributed by atoms with van der Waals surface area (Å²) in [4.78, 5) is 2.69. The molecule has 3 rings (SSSR count). The predicted molar refractivity (Wildman–Crippen MR) is 83.0 cm³/mol. The second-order valence-corrected chi connectivity index (χ2v) is 6.86. The molecule has 2 fully saturated rings. The van der Waals surface area contributed by atoms with Crippen molar-refractivity contribution >= 4 is 15.9 Å². The summed E-state index contributed by atoms with van der Waals surface area (Å²) in [5, 5.41) is 0. The van der Waals surface area contributed by atoms with Crippen molar-refractivity contribution in [2.75, 3.05) is 13.1 Å². The van der Waals surface area contributed by atoms with Crippen molar-refractivity contribution in [3.8, 4) is 0 Å². The number of hydrogen-bond acceptors (Lipinski definition) is 2. The van der Waals surface area contributed by atoms with Crippen LogP contribution in [0.3, 0.4) is 0 Å². The fourth-order valence-electron chi connectivity index (χ4n) is 4.01. The first-order valence-corrected chi connectivity index (χ1v) is 8.30. The Morgan fingerprint density at radius 1 is 1.26 bits per heavy atom. The van der Waals surface area contributed by atoms with Crippen LogP contribution >= 0.6 is 15.9 Å². The molecule has 2 N–H and O–H groups in total. The maximum Gasteiger partial charge on any atom is 0.0473 e. The van der Waals surface area contributed by atoms with E-state index in [1.54, 1.807) is 0 Å². The molecule has 1 aromatic rings. The highest BCUT2D eigenvalue weighted by Crippen LogP contribution is 2.40. The minimum atomic E-state index is 0.394. The van der Waals surface area contributed by atoms with Crippen molar-refractivity contribution in [1.82, 2.24) is 4.90 Å². The van der Waals surface area contributed by atoms with Gasteiger partial charge in [0.25, 0.3) is 0 Å². The molecule has 0 radical (unpaired) electrons. The highest BCUT2D eigenvalue weighted by Gasteiger charge is 2.38. The summed E-state index contributed by atoms with van der Waals surface area (Å²) in [7, 11) is 0. The highest BCUT2D eigenvalue weighted by atomic mass is 79.9. The molecule has 3 unspecified atom stereocenters. The summed E-state index contributed by atoms with van der Waals surface area (Å²) >= 11 is 3.58. The topological polar surface area (TPSA) is 29.3 Å². The van der Waals surface area contributed by atoms with E-state index in [2.05, 4.69) is 45.1 Å². The molecule has 1 saturated heterocycles. The van der Waals surface area contributed by atoms with Crippen molar-refractivity contribution in [3.05, 3.63) is 34.3 Å². The van der Waals surface area contributed by atoms with Crippen LogP contribution in [0.4, 0.5) is 0 Å². The third-order valence-corrected chi connectivity index (χ3v) is 5.40. The van der Waals surface area contributed by atoms with E-state index < -0.39 is 0 Å². The normalized spacial score (nSPS) is 29.2. The van der Waals surface area contributed by atoms with Gasteiger partial charge in [0.15, 0.2) is 0 Å². The zero-order valence-corrected chi connectivity index (χ0v) is 13.0. The Morgan fingerprint density at radius 2 is 2.11 bits per heavy atom. The quantitative estimate of drug-likeness (QED) is 0.919. The molecule has 3 heteroatoms. The Hall–Kier alpha value is -0.380. The van der Waals surface area contributed by atoms with Crippen LogP contribution < -0.4 is 5.73 Å². The van der Waals surface area contributed by atoms with Crippen LogP contribution in [0.2, 0.25) is 0 Å². The number of benzene rings is 1. The van der Waals surface area contributed by atoms with Crippen molar-refractivity contribution in [1.29, 1.82) is 0 Å². The Bertz CT molecular complexity index is 435. The van der Waals surface area contributed by atoms with E-state index in [4.69, 9.17) is 5.73 Å². The Balaban J connectivity index is 1.82. The van der Waals surface area contributed by atoms with E-state index in [0.29, 0.717) is 6.04 Å². The lowest BCUT2D eigenvalue weighted by Crippen LogP contribution is -2.40. The standard InChI is InChI=1S/C16H23BrN2/c17-14-6-3-5-13(10-14)16(11-18)19-9-8-12-4-1-2-7-15(12)19/h3,5-6,10,12,15-16H,1-2,4,7-9,11,18H2. The van der Waals surface area contributed by atoms with E-state index in [1.807, 2.05) is 0 Å². The monoisotopic (exact) mass is 322 g/mol. The highest BCUT2D eigenvalue weighted by molar-refractivity contribution is 9.10. The van der Waals surface area contributed by atoms with Crippen molar-refractivity contribution in [3.63, 3.8) is 0 Å². The van der Waals surface area contributed by atoms with E-state index in [9.17, 15) is 0 Å². The fraction of sp³-hybridized carbons (Fsp3) is 0.625. The van der Waals surface area contributed by atoms with Gasteiger partial charge >= 0.3 is 0 Å². The van der Waals surface area contributed by atoms with Crippen LogP contribution in [0.1, 0.15) is 43.7 Å². The van der Waals surface area contributed by atoms with Gasteiger partial charge in [0.1, 0.15) is 0 Å². The summed E-state index contributed by atoms with van der Waals surface area (Å²) in [6.45, 7) is 1.95. The van der Waals surface area contributed by atoms with Crippen molar-refractivity contribution < 1.29 is 0 Å². The van der Waals surface area contributed by atoms with Crippen molar-refractivity contribution in [2.45, 2.75) is 44.2 Å². The third kappa shape index (κ3) is 2.74. The van der Waals surface area contributed by atoms with E-state index >= 15 is 0 Å². The molecule has 3 atom stereocenters. The lowest BCUT2D eigenvalue weighted by Gasteiger charge is -2.37. The van der Waals surface area contributed by atoms with Crippen LogP contribution in [0.5, 0.6) is 0 Å². The average Bonchev–Trinajstić information content (AvgIpc) is 2.84. The molecule has 0 bridgehead atoms. The van der Waals surface area contributed by atoms with Crippen LogP contribution in [0, 0.1) is 5.92 Å². The Kier molecular flexibility index (Phi) is 4.25. The molecule has 2 aliphatic rings. The minimum absolute atomic E-state index is 0.394. The summed E-state index contributed by atoms with van der Waals surface area (Å²) in [6, 6.07) is 9.83. The molecule has 104 valence electrons. The number of hydrogen-bond donors (Lipinski definition) is 1. The third-order valence-electron chi connectivity index (χ3n) is 4.91. The number of nitrogens with zero attached hydrogens (tertiary/aromatic N) is 1. The zero-order valence-electron chi connectivity index (χ0n) is 11.4. The van der Waals surface area contributed by atoms with Gasteiger partial charge in [0.2, 0.25) is 0 Å². The largest absolute Gasteiger partial charge is 0.329 e. The molecular formula is C16H23BrN2. The molecule has 0 amide bonds. The van der Waals surface area contributed by atoms with E-state index in [1.165, 1.54) is 44.2 Å². The molecule has 1 aliphatic heterocycles.